The van der Waals surface area contributed by atoms with Crippen LogP contribution in [0.2, 0.25) is 0 Å². The summed E-state index contributed by atoms with van der Waals surface area (Å²) in [4.78, 5) is 39.8. The molecule has 0 aromatic heterocycles. The molecular weight excluding hydrogens is 891 g/mol. The van der Waals surface area contributed by atoms with Crippen molar-refractivity contribution in [3.63, 3.8) is 0 Å². The molecule has 13 nitrogen and oxygen atoms in total. The summed E-state index contributed by atoms with van der Waals surface area (Å²) in [5.74, 6) is -0.834. The van der Waals surface area contributed by atoms with E-state index in [1.54, 1.807) is 14.1 Å². The lowest BCUT2D eigenvalue weighted by Gasteiger charge is -2.34. The number of benzene rings is 6. The summed E-state index contributed by atoms with van der Waals surface area (Å²) >= 11 is 0. The third kappa shape index (κ3) is 16.1. The Kier molecular flexibility index (Phi) is 20.0. The molecule has 1 fully saturated rings. The summed E-state index contributed by atoms with van der Waals surface area (Å²) in [6, 6.07) is 53.5. The van der Waals surface area contributed by atoms with E-state index in [0.29, 0.717) is 6.61 Å². The average Bonchev–Trinajstić information content (AvgIpc) is 3.70. The maximum absolute atomic E-state index is 13.4. The van der Waals surface area contributed by atoms with E-state index >= 15 is 0 Å². The van der Waals surface area contributed by atoms with Gasteiger partial charge in [-0.15, -0.1) is 0 Å². The van der Waals surface area contributed by atoms with Crippen molar-refractivity contribution < 1.29 is 57.0 Å². The Morgan fingerprint density at radius 3 is 1.61 bits per heavy atom. The second kappa shape index (κ2) is 27.2. The number of carbonyl (C=O) groups excluding carboxylic acids is 3. The average molecular weight is 954 g/mol. The highest BCUT2D eigenvalue weighted by Crippen LogP contribution is 2.31. The van der Waals surface area contributed by atoms with Gasteiger partial charge in [0.2, 0.25) is 0 Å². The van der Waals surface area contributed by atoms with Crippen LogP contribution in [0.1, 0.15) is 47.6 Å². The first-order valence-electron chi connectivity index (χ1n) is 23.7. The molecule has 0 N–H and O–H groups in total. The van der Waals surface area contributed by atoms with Gasteiger partial charge in [-0.1, -0.05) is 158 Å². The van der Waals surface area contributed by atoms with Crippen LogP contribution in [0, 0.1) is 0 Å². The van der Waals surface area contributed by atoms with Crippen molar-refractivity contribution in [1.82, 2.24) is 4.90 Å². The second-order valence-electron chi connectivity index (χ2n) is 17.4. The number of hydrogen-bond acceptors (Lipinski definition) is 12. The van der Waals surface area contributed by atoms with Gasteiger partial charge in [0.15, 0.2) is 18.5 Å². The van der Waals surface area contributed by atoms with E-state index in [9.17, 15) is 14.4 Å². The van der Waals surface area contributed by atoms with Crippen LogP contribution >= 0.6 is 0 Å². The van der Waals surface area contributed by atoms with Gasteiger partial charge in [-0.05, 0) is 51.6 Å². The minimum atomic E-state index is -1.27. The lowest BCUT2D eigenvalue weighted by Crippen LogP contribution is -2.48. The Morgan fingerprint density at radius 2 is 1.04 bits per heavy atom. The largest absolute Gasteiger partial charge is 0.455 e. The van der Waals surface area contributed by atoms with E-state index in [4.69, 9.17) is 42.6 Å². The number of fused-ring (bicyclic) bond motifs is 1. The van der Waals surface area contributed by atoms with Crippen molar-refractivity contribution in [3.05, 3.63) is 192 Å². The number of Topliss-reactive ketones (excluding diaryl/α,β-unsaturated/α-hetero) is 1. The standard InChI is InChI=1S/C57H63NO12/c1-41(59)28-31-52(60)69-54-51(39-62-33-42-18-8-4-9-19-42)68-56(55(54)70-57(61)58(2)3)67-40-50(65-36-44-22-12-6-13-23-44)53(66-37-45-24-14-7-15-25-45)49(64-35-43-20-10-5-11-21-43)38-63-34-46-29-30-47-26-16-17-27-48(47)32-46/h4-27,29-30,32,49-51,53-56H,28,31,33-40H2,1-3H3. The smallest absolute Gasteiger partial charge is 0.409 e. The molecule has 7 unspecified atom stereocenters. The normalized spacial score (nSPS) is 17.9. The van der Waals surface area contributed by atoms with Crippen molar-refractivity contribution in [2.45, 2.75) is 95.7 Å². The Balaban J connectivity index is 1.20. The summed E-state index contributed by atoms with van der Waals surface area (Å²) in [7, 11) is 3.09. The van der Waals surface area contributed by atoms with Crippen LogP contribution in [0.5, 0.6) is 0 Å². The van der Waals surface area contributed by atoms with Gasteiger partial charge in [-0.3, -0.25) is 4.79 Å². The molecule has 1 heterocycles. The molecule has 1 aliphatic heterocycles. The number of amides is 1. The quantitative estimate of drug-likeness (QED) is 0.0455. The number of ether oxygens (including phenoxy) is 9. The predicted octanol–water partition coefficient (Wildman–Crippen LogP) is 9.42. The van der Waals surface area contributed by atoms with E-state index in [1.807, 2.05) is 133 Å². The lowest BCUT2D eigenvalue weighted by molar-refractivity contribution is -0.219. The maximum Gasteiger partial charge on any atom is 0.409 e. The van der Waals surface area contributed by atoms with Crippen LogP contribution in [0.25, 0.3) is 10.8 Å². The third-order valence-electron chi connectivity index (χ3n) is 11.6. The lowest BCUT2D eigenvalue weighted by atomic mass is 10.1. The molecule has 0 saturated carbocycles. The molecule has 368 valence electrons. The van der Waals surface area contributed by atoms with Gasteiger partial charge in [0, 0.05) is 20.5 Å². The van der Waals surface area contributed by atoms with Crippen molar-refractivity contribution in [3.8, 4) is 0 Å². The second-order valence-corrected chi connectivity index (χ2v) is 17.4. The Hall–Kier alpha value is -6.29. The Bertz CT molecular complexity index is 2490. The van der Waals surface area contributed by atoms with Gasteiger partial charge in [0.05, 0.1) is 59.3 Å². The molecule has 7 rings (SSSR count). The van der Waals surface area contributed by atoms with Gasteiger partial charge in [0.1, 0.15) is 30.2 Å². The molecule has 0 radical (unpaired) electrons. The first-order chi connectivity index (χ1) is 34.2. The number of rotatable bonds is 27. The van der Waals surface area contributed by atoms with E-state index in [2.05, 4.69) is 30.3 Å². The highest BCUT2D eigenvalue weighted by molar-refractivity contribution is 5.83. The van der Waals surface area contributed by atoms with E-state index in [1.165, 1.54) is 11.8 Å². The minimum Gasteiger partial charge on any atom is -0.455 e. The fraction of sp³-hybridized carbons (Fsp3) is 0.351. The fourth-order valence-corrected chi connectivity index (χ4v) is 7.87. The van der Waals surface area contributed by atoms with Crippen LogP contribution in [0.15, 0.2) is 164 Å². The minimum absolute atomic E-state index is 0.0199. The van der Waals surface area contributed by atoms with Crippen LogP contribution in [-0.2, 0) is 85.3 Å². The van der Waals surface area contributed by atoms with Crippen molar-refractivity contribution in [2.24, 2.45) is 0 Å². The highest BCUT2D eigenvalue weighted by Gasteiger charge is 2.51. The molecule has 6 aromatic rings. The zero-order valence-corrected chi connectivity index (χ0v) is 40.0. The predicted molar refractivity (Wildman–Crippen MR) is 263 cm³/mol. The van der Waals surface area contributed by atoms with E-state index in [-0.39, 0.29) is 64.9 Å². The highest BCUT2D eigenvalue weighted by atomic mass is 16.7. The molecule has 6 aromatic carbocycles. The van der Waals surface area contributed by atoms with Crippen molar-refractivity contribution >= 4 is 28.6 Å². The third-order valence-corrected chi connectivity index (χ3v) is 11.6. The van der Waals surface area contributed by atoms with E-state index < -0.39 is 55.0 Å². The van der Waals surface area contributed by atoms with Crippen LogP contribution in [0.4, 0.5) is 4.79 Å². The topological polar surface area (TPSA) is 138 Å². The molecule has 0 bridgehead atoms. The maximum atomic E-state index is 13.4. The first kappa shape index (κ1) is 51.6. The van der Waals surface area contributed by atoms with Crippen LogP contribution in [0.3, 0.4) is 0 Å². The van der Waals surface area contributed by atoms with Gasteiger partial charge in [-0.25, -0.2) is 4.79 Å². The summed E-state index contributed by atoms with van der Waals surface area (Å²) in [5, 5.41) is 2.24. The molecular formula is C57H63NO12. The van der Waals surface area contributed by atoms with E-state index in [0.717, 1.165) is 38.6 Å². The van der Waals surface area contributed by atoms with Gasteiger partial charge < -0.3 is 52.3 Å². The van der Waals surface area contributed by atoms with Gasteiger partial charge >= 0.3 is 12.1 Å². The number of carbonyl (C=O) groups is 3. The molecule has 0 aliphatic carbocycles. The number of nitrogens with zero attached hydrogens (tertiary/aromatic N) is 1. The molecule has 1 saturated heterocycles. The summed E-state index contributed by atoms with van der Waals surface area (Å²) in [6.45, 7) is 2.49. The molecule has 13 heteroatoms. The summed E-state index contributed by atoms with van der Waals surface area (Å²) in [6.07, 6.45) is -7.92. The van der Waals surface area contributed by atoms with Crippen molar-refractivity contribution in [1.29, 1.82) is 0 Å². The monoisotopic (exact) mass is 953 g/mol. The molecule has 7 atom stereocenters. The fourth-order valence-electron chi connectivity index (χ4n) is 7.87. The molecule has 1 amide bonds. The molecule has 1 aliphatic rings. The number of ketones is 1. The van der Waals surface area contributed by atoms with Crippen LogP contribution < -0.4 is 0 Å². The van der Waals surface area contributed by atoms with Gasteiger partial charge in [-0.2, -0.15) is 0 Å². The zero-order chi connectivity index (χ0) is 48.9. The number of hydrogen-bond donors (Lipinski definition) is 0. The molecule has 0 spiro atoms. The summed E-state index contributed by atoms with van der Waals surface area (Å²) in [5.41, 5.74) is 4.71. The van der Waals surface area contributed by atoms with Crippen molar-refractivity contribution in [2.75, 3.05) is 33.9 Å². The van der Waals surface area contributed by atoms with Gasteiger partial charge in [0.25, 0.3) is 0 Å². The zero-order valence-electron chi connectivity index (χ0n) is 40.0. The Labute approximate surface area is 410 Å². The SMILES string of the molecule is CC(=O)CCC(=O)OC1C(COCc2ccccc2)OC(OCC(OCc2ccccc2)C(OCc2ccccc2)C(COCc2ccc3ccccc3c2)OCc2ccccc2)C1OC(=O)N(C)C. The van der Waals surface area contributed by atoms with Crippen LogP contribution in [-0.4, -0.2) is 99.6 Å². The Morgan fingerprint density at radius 1 is 0.529 bits per heavy atom. The molecule has 70 heavy (non-hydrogen) atoms. The number of esters is 1. The summed E-state index contributed by atoms with van der Waals surface area (Å²) < 4.78 is 58.4. The first-order valence-corrected chi connectivity index (χ1v) is 23.7.